The predicted molar refractivity (Wildman–Crippen MR) is 91.7 cm³/mol. The summed E-state index contributed by atoms with van der Waals surface area (Å²) >= 11 is 0. The lowest BCUT2D eigenvalue weighted by molar-refractivity contribution is 0.301. The second-order valence-corrected chi connectivity index (χ2v) is 6.05. The number of nitrogens with zero attached hydrogens (tertiary/aromatic N) is 2. The molecule has 0 amide bonds. The summed E-state index contributed by atoms with van der Waals surface area (Å²) in [6.07, 6.45) is 1.86. The van der Waals surface area contributed by atoms with Crippen molar-refractivity contribution in [3.8, 4) is 28.3 Å². The Labute approximate surface area is 138 Å². The highest BCUT2D eigenvalue weighted by Gasteiger charge is 2.20. The molecule has 1 aliphatic heterocycles. The Balaban J connectivity index is 1.67. The number of aromatic nitrogens is 2. The van der Waals surface area contributed by atoms with Crippen molar-refractivity contribution in [1.82, 2.24) is 10.1 Å². The minimum Gasteiger partial charge on any atom is -0.488 e. The lowest BCUT2D eigenvalue weighted by atomic mass is 9.98. The summed E-state index contributed by atoms with van der Waals surface area (Å²) < 4.78 is 11.3. The van der Waals surface area contributed by atoms with Gasteiger partial charge in [-0.2, -0.15) is 0 Å². The Hall–Kier alpha value is -3.14. The zero-order valence-corrected chi connectivity index (χ0v) is 13.1. The van der Waals surface area contributed by atoms with Crippen LogP contribution in [0.1, 0.15) is 11.1 Å². The van der Waals surface area contributed by atoms with Gasteiger partial charge in [0.25, 0.3) is 0 Å². The lowest BCUT2D eigenvalue weighted by Gasteiger charge is -2.20. The van der Waals surface area contributed by atoms with E-state index in [1.807, 2.05) is 36.5 Å². The summed E-state index contributed by atoms with van der Waals surface area (Å²) in [6, 6.07) is 16.1. The van der Waals surface area contributed by atoms with Crippen LogP contribution in [0.15, 0.2) is 59.3 Å². The SMILES string of the molecule is Cc1ccc2c(c1)-c1ncc(-c3noc4ccccc34)cc1CO2. The van der Waals surface area contributed by atoms with Gasteiger partial charge in [-0.15, -0.1) is 0 Å². The van der Waals surface area contributed by atoms with Gasteiger partial charge in [0.1, 0.15) is 18.1 Å². The summed E-state index contributed by atoms with van der Waals surface area (Å²) in [5, 5.41) is 5.21. The van der Waals surface area contributed by atoms with Crippen molar-refractivity contribution in [2.24, 2.45) is 0 Å². The van der Waals surface area contributed by atoms with Gasteiger partial charge >= 0.3 is 0 Å². The van der Waals surface area contributed by atoms with Crippen LogP contribution < -0.4 is 4.74 Å². The fourth-order valence-corrected chi connectivity index (χ4v) is 3.20. The molecular formula is C20H14N2O2. The second-order valence-electron chi connectivity index (χ2n) is 6.05. The third-order valence-corrected chi connectivity index (χ3v) is 4.39. The molecule has 0 radical (unpaired) electrons. The van der Waals surface area contributed by atoms with Crippen LogP contribution in [0.5, 0.6) is 5.75 Å². The van der Waals surface area contributed by atoms with Crippen molar-refractivity contribution in [3.05, 3.63) is 65.9 Å². The number of pyridine rings is 1. The second kappa shape index (κ2) is 4.93. The highest BCUT2D eigenvalue weighted by molar-refractivity contribution is 5.91. The van der Waals surface area contributed by atoms with Gasteiger partial charge in [0.2, 0.25) is 0 Å². The van der Waals surface area contributed by atoms with E-state index in [-0.39, 0.29) is 0 Å². The first-order chi connectivity index (χ1) is 11.8. The number of fused-ring (bicyclic) bond motifs is 4. The predicted octanol–water partition coefficient (Wildman–Crippen LogP) is 4.76. The van der Waals surface area contributed by atoms with E-state index >= 15 is 0 Å². The Bertz CT molecular complexity index is 1080. The number of aryl methyl sites for hydroxylation is 1. The number of hydrogen-bond acceptors (Lipinski definition) is 4. The van der Waals surface area contributed by atoms with Crippen molar-refractivity contribution in [1.29, 1.82) is 0 Å². The van der Waals surface area contributed by atoms with E-state index in [1.165, 1.54) is 5.56 Å². The Morgan fingerprint density at radius 2 is 1.92 bits per heavy atom. The zero-order valence-electron chi connectivity index (χ0n) is 13.1. The van der Waals surface area contributed by atoms with E-state index in [0.29, 0.717) is 6.61 Å². The molecule has 0 saturated carbocycles. The van der Waals surface area contributed by atoms with Crippen LogP contribution in [0.3, 0.4) is 0 Å². The summed E-state index contributed by atoms with van der Waals surface area (Å²) in [5.41, 5.74) is 6.83. The quantitative estimate of drug-likeness (QED) is 0.508. The Kier molecular flexibility index (Phi) is 2.73. The molecule has 4 aromatic rings. The van der Waals surface area contributed by atoms with Gasteiger partial charge < -0.3 is 9.26 Å². The summed E-state index contributed by atoms with van der Waals surface area (Å²) in [6.45, 7) is 2.59. The van der Waals surface area contributed by atoms with E-state index in [0.717, 1.165) is 44.8 Å². The fraction of sp³-hybridized carbons (Fsp3) is 0.100. The van der Waals surface area contributed by atoms with Gasteiger partial charge in [-0.1, -0.05) is 28.9 Å². The number of ether oxygens (including phenoxy) is 1. The number of para-hydroxylation sites is 1. The molecule has 5 rings (SSSR count). The summed E-state index contributed by atoms with van der Waals surface area (Å²) in [7, 11) is 0. The van der Waals surface area contributed by atoms with Crippen LogP contribution in [0.4, 0.5) is 0 Å². The first kappa shape index (κ1) is 13.3. The molecule has 0 fully saturated rings. The maximum atomic E-state index is 5.88. The van der Waals surface area contributed by atoms with Gasteiger partial charge in [-0.3, -0.25) is 4.98 Å². The summed E-state index contributed by atoms with van der Waals surface area (Å²) in [5.74, 6) is 0.889. The van der Waals surface area contributed by atoms with E-state index in [1.54, 1.807) is 0 Å². The number of rotatable bonds is 1. The van der Waals surface area contributed by atoms with Crippen LogP contribution in [-0.4, -0.2) is 10.1 Å². The normalized spacial score (nSPS) is 12.5. The molecule has 2 aromatic heterocycles. The van der Waals surface area contributed by atoms with Gasteiger partial charge in [0, 0.05) is 28.3 Å². The van der Waals surface area contributed by atoms with Gasteiger partial charge in [-0.05, 0) is 37.3 Å². The maximum Gasteiger partial charge on any atom is 0.167 e. The molecular weight excluding hydrogens is 300 g/mol. The highest BCUT2D eigenvalue weighted by atomic mass is 16.5. The van der Waals surface area contributed by atoms with E-state index in [9.17, 15) is 0 Å². The largest absolute Gasteiger partial charge is 0.488 e. The van der Waals surface area contributed by atoms with Crippen molar-refractivity contribution < 1.29 is 9.26 Å². The molecule has 116 valence electrons. The monoisotopic (exact) mass is 314 g/mol. The molecule has 4 heteroatoms. The maximum absolute atomic E-state index is 5.88. The van der Waals surface area contributed by atoms with Gasteiger partial charge in [-0.25, -0.2) is 0 Å². The zero-order chi connectivity index (χ0) is 16.1. The van der Waals surface area contributed by atoms with Crippen molar-refractivity contribution in [2.75, 3.05) is 0 Å². The average molecular weight is 314 g/mol. The van der Waals surface area contributed by atoms with Crippen LogP contribution in [0.25, 0.3) is 33.5 Å². The molecule has 2 aromatic carbocycles. The molecule has 24 heavy (non-hydrogen) atoms. The fourth-order valence-electron chi connectivity index (χ4n) is 3.20. The average Bonchev–Trinajstić information content (AvgIpc) is 3.05. The molecule has 0 saturated heterocycles. The first-order valence-corrected chi connectivity index (χ1v) is 7.87. The van der Waals surface area contributed by atoms with Crippen molar-refractivity contribution >= 4 is 11.0 Å². The molecule has 0 atom stereocenters. The molecule has 0 spiro atoms. The van der Waals surface area contributed by atoms with Crippen molar-refractivity contribution in [2.45, 2.75) is 13.5 Å². The third-order valence-electron chi connectivity index (χ3n) is 4.39. The summed E-state index contributed by atoms with van der Waals surface area (Å²) in [4.78, 5) is 4.70. The van der Waals surface area contributed by atoms with E-state index in [4.69, 9.17) is 14.2 Å². The number of benzene rings is 2. The van der Waals surface area contributed by atoms with E-state index in [2.05, 4.69) is 30.3 Å². The molecule has 0 aliphatic carbocycles. The Morgan fingerprint density at radius 3 is 2.88 bits per heavy atom. The van der Waals surface area contributed by atoms with Crippen LogP contribution in [0, 0.1) is 6.92 Å². The van der Waals surface area contributed by atoms with E-state index < -0.39 is 0 Å². The van der Waals surface area contributed by atoms with Crippen molar-refractivity contribution in [3.63, 3.8) is 0 Å². The molecule has 1 aliphatic rings. The highest BCUT2D eigenvalue weighted by Crippen LogP contribution is 2.38. The molecule has 0 N–H and O–H groups in total. The van der Waals surface area contributed by atoms with Crippen LogP contribution in [-0.2, 0) is 6.61 Å². The third kappa shape index (κ3) is 1.93. The molecule has 3 heterocycles. The smallest absolute Gasteiger partial charge is 0.167 e. The first-order valence-electron chi connectivity index (χ1n) is 7.87. The number of hydrogen-bond donors (Lipinski definition) is 0. The molecule has 4 nitrogen and oxygen atoms in total. The molecule has 0 bridgehead atoms. The molecule has 0 unspecified atom stereocenters. The lowest BCUT2D eigenvalue weighted by Crippen LogP contribution is -2.07. The van der Waals surface area contributed by atoms with Crippen LogP contribution in [0.2, 0.25) is 0 Å². The van der Waals surface area contributed by atoms with Gasteiger partial charge in [0.05, 0.1) is 5.69 Å². The van der Waals surface area contributed by atoms with Gasteiger partial charge in [0.15, 0.2) is 5.58 Å². The topological polar surface area (TPSA) is 48.2 Å². The Morgan fingerprint density at radius 1 is 1.00 bits per heavy atom. The standard InChI is InChI=1S/C20H14N2O2/c1-12-6-7-17-16(8-12)19-14(11-23-17)9-13(10-21-19)20-15-4-2-3-5-18(15)24-22-20/h2-10H,11H2,1H3. The van der Waals surface area contributed by atoms with Crippen LogP contribution >= 0.6 is 0 Å². The minimum absolute atomic E-state index is 0.516. The minimum atomic E-state index is 0.516.